The SMILES string of the molecule is CC(C)CNCCN(C)C(C)C(C)C. The van der Waals surface area contributed by atoms with E-state index in [2.05, 4.69) is 51.9 Å². The highest BCUT2D eigenvalue weighted by molar-refractivity contribution is 4.67. The van der Waals surface area contributed by atoms with E-state index in [1.165, 1.54) is 0 Å². The lowest BCUT2D eigenvalue weighted by molar-refractivity contribution is 0.208. The summed E-state index contributed by atoms with van der Waals surface area (Å²) < 4.78 is 0. The van der Waals surface area contributed by atoms with Crippen LogP contribution in [0, 0.1) is 11.8 Å². The second-order valence-electron chi connectivity index (χ2n) is 5.06. The molecule has 0 rings (SSSR count). The molecule has 1 unspecified atom stereocenters. The molecule has 0 aliphatic heterocycles. The molecule has 14 heavy (non-hydrogen) atoms. The van der Waals surface area contributed by atoms with Gasteiger partial charge < -0.3 is 10.2 Å². The zero-order chi connectivity index (χ0) is 11.1. The quantitative estimate of drug-likeness (QED) is 0.634. The van der Waals surface area contributed by atoms with Gasteiger partial charge in [-0.25, -0.2) is 0 Å². The fraction of sp³-hybridized carbons (Fsp3) is 1.00. The van der Waals surface area contributed by atoms with E-state index in [0.29, 0.717) is 6.04 Å². The van der Waals surface area contributed by atoms with Crippen LogP contribution in [0.25, 0.3) is 0 Å². The molecule has 0 radical (unpaired) electrons. The maximum absolute atomic E-state index is 3.47. The molecule has 2 heteroatoms. The van der Waals surface area contributed by atoms with E-state index in [4.69, 9.17) is 0 Å². The van der Waals surface area contributed by atoms with Crippen molar-refractivity contribution in [2.45, 2.75) is 40.7 Å². The maximum atomic E-state index is 3.47. The van der Waals surface area contributed by atoms with E-state index >= 15 is 0 Å². The van der Waals surface area contributed by atoms with Crippen molar-refractivity contribution in [1.29, 1.82) is 0 Å². The topological polar surface area (TPSA) is 15.3 Å². The number of nitrogens with zero attached hydrogens (tertiary/aromatic N) is 1. The van der Waals surface area contributed by atoms with Gasteiger partial charge in [0.1, 0.15) is 0 Å². The third-order valence-electron chi connectivity index (χ3n) is 2.85. The molecule has 0 spiro atoms. The average Bonchev–Trinajstić information content (AvgIpc) is 2.10. The summed E-state index contributed by atoms with van der Waals surface area (Å²) in [6.07, 6.45) is 0. The standard InChI is InChI=1S/C12H28N2/c1-10(2)9-13-7-8-14(6)12(5)11(3)4/h10-13H,7-9H2,1-6H3. The fourth-order valence-electron chi connectivity index (χ4n) is 1.36. The molecule has 0 heterocycles. The van der Waals surface area contributed by atoms with Gasteiger partial charge in [-0.1, -0.05) is 27.7 Å². The summed E-state index contributed by atoms with van der Waals surface area (Å²) in [6.45, 7) is 14.7. The van der Waals surface area contributed by atoms with Crippen LogP contribution < -0.4 is 5.32 Å². The molecule has 0 aromatic carbocycles. The Hall–Kier alpha value is -0.0800. The van der Waals surface area contributed by atoms with Crippen molar-refractivity contribution in [1.82, 2.24) is 10.2 Å². The molecule has 0 aliphatic rings. The first-order valence-corrected chi connectivity index (χ1v) is 5.86. The Morgan fingerprint density at radius 1 is 1.07 bits per heavy atom. The average molecular weight is 200 g/mol. The number of likely N-dealkylation sites (N-methyl/N-ethyl adjacent to an activating group) is 1. The summed E-state index contributed by atoms with van der Waals surface area (Å²) in [4.78, 5) is 2.43. The Morgan fingerprint density at radius 3 is 2.07 bits per heavy atom. The summed E-state index contributed by atoms with van der Waals surface area (Å²) in [7, 11) is 2.21. The number of hydrogen-bond acceptors (Lipinski definition) is 2. The van der Waals surface area contributed by atoms with Gasteiger partial charge in [-0.3, -0.25) is 0 Å². The summed E-state index contributed by atoms with van der Waals surface area (Å²) in [5.41, 5.74) is 0. The first kappa shape index (κ1) is 13.9. The van der Waals surface area contributed by atoms with Gasteiger partial charge in [0.25, 0.3) is 0 Å². The molecule has 0 saturated carbocycles. The van der Waals surface area contributed by atoms with Gasteiger partial charge in [0.2, 0.25) is 0 Å². The normalized spacial score (nSPS) is 14.4. The van der Waals surface area contributed by atoms with Crippen LogP contribution in [0.5, 0.6) is 0 Å². The predicted molar refractivity (Wildman–Crippen MR) is 64.6 cm³/mol. The van der Waals surface area contributed by atoms with E-state index in [1.54, 1.807) is 0 Å². The molecular weight excluding hydrogens is 172 g/mol. The third-order valence-corrected chi connectivity index (χ3v) is 2.85. The zero-order valence-electron chi connectivity index (χ0n) is 10.8. The second-order valence-corrected chi connectivity index (χ2v) is 5.06. The Kier molecular flexibility index (Phi) is 7.20. The smallest absolute Gasteiger partial charge is 0.0107 e. The van der Waals surface area contributed by atoms with Crippen LogP contribution in [-0.2, 0) is 0 Å². The minimum atomic E-state index is 0.677. The van der Waals surface area contributed by atoms with E-state index in [-0.39, 0.29) is 0 Å². The van der Waals surface area contributed by atoms with Crippen molar-refractivity contribution in [3.63, 3.8) is 0 Å². The first-order chi connectivity index (χ1) is 6.45. The molecule has 86 valence electrons. The number of nitrogens with one attached hydrogen (secondary N) is 1. The Labute approximate surface area is 90.1 Å². The largest absolute Gasteiger partial charge is 0.315 e. The molecule has 0 aromatic heterocycles. The second kappa shape index (κ2) is 7.24. The van der Waals surface area contributed by atoms with Gasteiger partial charge in [-0.05, 0) is 32.4 Å². The van der Waals surface area contributed by atoms with Gasteiger partial charge in [-0.2, -0.15) is 0 Å². The molecule has 1 atom stereocenters. The predicted octanol–water partition coefficient (Wildman–Crippen LogP) is 2.21. The van der Waals surface area contributed by atoms with E-state index in [1.807, 2.05) is 0 Å². The van der Waals surface area contributed by atoms with Crippen molar-refractivity contribution < 1.29 is 0 Å². The van der Waals surface area contributed by atoms with Crippen LogP contribution in [0.2, 0.25) is 0 Å². The Balaban J connectivity index is 3.48. The maximum Gasteiger partial charge on any atom is 0.0107 e. The highest BCUT2D eigenvalue weighted by Gasteiger charge is 2.11. The minimum absolute atomic E-state index is 0.677. The van der Waals surface area contributed by atoms with Gasteiger partial charge in [0.05, 0.1) is 0 Å². The van der Waals surface area contributed by atoms with Crippen LogP contribution in [0.3, 0.4) is 0 Å². The summed E-state index contributed by atoms with van der Waals surface area (Å²) in [5.74, 6) is 1.49. The van der Waals surface area contributed by atoms with Crippen LogP contribution >= 0.6 is 0 Å². The minimum Gasteiger partial charge on any atom is -0.315 e. The van der Waals surface area contributed by atoms with E-state index in [0.717, 1.165) is 31.5 Å². The molecule has 0 fully saturated rings. The molecule has 0 aliphatic carbocycles. The molecule has 0 saturated heterocycles. The molecule has 0 bridgehead atoms. The van der Waals surface area contributed by atoms with Gasteiger partial charge in [-0.15, -0.1) is 0 Å². The fourth-order valence-corrected chi connectivity index (χ4v) is 1.36. The van der Waals surface area contributed by atoms with Crippen LogP contribution in [-0.4, -0.2) is 37.6 Å². The lowest BCUT2D eigenvalue weighted by Gasteiger charge is -2.27. The number of hydrogen-bond donors (Lipinski definition) is 1. The van der Waals surface area contributed by atoms with Crippen molar-refractivity contribution in [3.8, 4) is 0 Å². The third kappa shape index (κ3) is 6.39. The molecule has 0 aromatic rings. The summed E-state index contributed by atoms with van der Waals surface area (Å²) in [5, 5.41) is 3.47. The van der Waals surface area contributed by atoms with E-state index < -0.39 is 0 Å². The Morgan fingerprint density at radius 2 is 1.64 bits per heavy atom. The van der Waals surface area contributed by atoms with Gasteiger partial charge >= 0.3 is 0 Å². The molecular formula is C12H28N2. The van der Waals surface area contributed by atoms with Gasteiger partial charge in [0, 0.05) is 19.1 Å². The van der Waals surface area contributed by atoms with Crippen molar-refractivity contribution in [2.24, 2.45) is 11.8 Å². The highest BCUT2D eigenvalue weighted by atomic mass is 15.1. The van der Waals surface area contributed by atoms with Crippen LogP contribution in [0.15, 0.2) is 0 Å². The Bertz CT molecular complexity index is 132. The van der Waals surface area contributed by atoms with Crippen LogP contribution in [0.4, 0.5) is 0 Å². The lowest BCUT2D eigenvalue weighted by Crippen LogP contribution is -2.38. The molecule has 1 N–H and O–H groups in total. The van der Waals surface area contributed by atoms with Gasteiger partial charge in [0.15, 0.2) is 0 Å². The van der Waals surface area contributed by atoms with Crippen molar-refractivity contribution >= 4 is 0 Å². The van der Waals surface area contributed by atoms with Crippen molar-refractivity contribution in [3.05, 3.63) is 0 Å². The van der Waals surface area contributed by atoms with Crippen molar-refractivity contribution in [2.75, 3.05) is 26.7 Å². The number of rotatable bonds is 7. The highest BCUT2D eigenvalue weighted by Crippen LogP contribution is 2.06. The zero-order valence-corrected chi connectivity index (χ0v) is 10.8. The summed E-state index contributed by atoms with van der Waals surface area (Å²) >= 11 is 0. The first-order valence-electron chi connectivity index (χ1n) is 5.86. The summed E-state index contributed by atoms with van der Waals surface area (Å²) in [6, 6.07) is 0.677. The lowest BCUT2D eigenvalue weighted by atomic mass is 10.1. The molecule has 2 nitrogen and oxygen atoms in total. The van der Waals surface area contributed by atoms with Crippen LogP contribution in [0.1, 0.15) is 34.6 Å². The monoisotopic (exact) mass is 200 g/mol. The molecule has 0 amide bonds. The van der Waals surface area contributed by atoms with E-state index in [9.17, 15) is 0 Å².